The molecule has 0 saturated heterocycles. The molecule has 0 amide bonds. The number of anilines is 1. The molecule has 2 aromatic carbocycles. The van der Waals surface area contributed by atoms with Gasteiger partial charge in [-0.15, -0.1) is 0 Å². The fourth-order valence-electron chi connectivity index (χ4n) is 1.77. The number of halogens is 1. The van der Waals surface area contributed by atoms with Gasteiger partial charge >= 0.3 is 0 Å². The second-order valence-corrected chi connectivity index (χ2v) is 6.34. The lowest BCUT2D eigenvalue weighted by Crippen LogP contribution is -2.06. The molecule has 23 heavy (non-hydrogen) atoms. The predicted molar refractivity (Wildman–Crippen MR) is 83.9 cm³/mol. The Bertz CT molecular complexity index is 869. The fourth-order valence-corrected chi connectivity index (χ4v) is 2.86. The van der Waals surface area contributed by atoms with Crippen LogP contribution < -0.4 is 10.1 Å². The Labute approximate surface area is 133 Å². The predicted octanol–water partition coefficient (Wildman–Crippen LogP) is 3.09. The molecule has 0 aliphatic rings. The highest BCUT2D eigenvalue weighted by Gasteiger charge is 2.21. The second-order valence-electron chi connectivity index (χ2n) is 4.42. The summed E-state index contributed by atoms with van der Waals surface area (Å²) in [5, 5.41) is 11.6. The monoisotopic (exact) mass is 332 g/mol. The van der Waals surface area contributed by atoms with Gasteiger partial charge in [-0.05, 0) is 36.4 Å². The Kier molecular flexibility index (Phi) is 4.98. The molecule has 0 bridgehead atoms. The van der Waals surface area contributed by atoms with Crippen molar-refractivity contribution in [2.75, 3.05) is 12.4 Å². The second kappa shape index (κ2) is 6.94. The van der Waals surface area contributed by atoms with Gasteiger partial charge < -0.3 is 10.1 Å². The van der Waals surface area contributed by atoms with E-state index in [9.17, 15) is 12.8 Å². The molecule has 2 aromatic rings. The topological polar surface area (TPSA) is 79.2 Å². The van der Waals surface area contributed by atoms with E-state index in [0.717, 1.165) is 6.20 Å². The van der Waals surface area contributed by atoms with Crippen LogP contribution in [0.15, 0.2) is 64.5 Å². The molecule has 1 N–H and O–H groups in total. The molecule has 0 aliphatic heterocycles. The van der Waals surface area contributed by atoms with Crippen molar-refractivity contribution in [3.8, 4) is 11.8 Å². The Morgan fingerprint density at radius 2 is 1.87 bits per heavy atom. The van der Waals surface area contributed by atoms with Crippen LogP contribution in [0.4, 0.5) is 10.1 Å². The Morgan fingerprint density at radius 3 is 2.43 bits per heavy atom. The van der Waals surface area contributed by atoms with Crippen molar-refractivity contribution in [2.24, 2.45) is 0 Å². The molecule has 0 saturated carbocycles. The molecule has 2 rings (SSSR count). The first-order valence-corrected chi connectivity index (χ1v) is 7.98. The van der Waals surface area contributed by atoms with E-state index in [2.05, 4.69) is 5.32 Å². The number of para-hydroxylation sites is 1. The maximum Gasteiger partial charge on any atom is 0.218 e. The number of sulfone groups is 1. The molecular weight excluding hydrogens is 319 g/mol. The van der Waals surface area contributed by atoms with Crippen LogP contribution in [-0.4, -0.2) is 15.5 Å². The van der Waals surface area contributed by atoms with Crippen molar-refractivity contribution in [3.63, 3.8) is 0 Å². The van der Waals surface area contributed by atoms with E-state index in [1.807, 2.05) is 0 Å². The van der Waals surface area contributed by atoms with Crippen molar-refractivity contribution < 1.29 is 17.5 Å². The van der Waals surface area contributed by atoms with Gasteiger partial charge in [0, 0.05) is 6.20 Å². The molecule has 0 heterocycles. The Balaban J connectivity index is 2.33. The van der Waals surface area contributed by atoms with Crippen LogP contribution in [0.5, 0.6) is 5.75 Å². The van der Waals surface area contributed by atoms with E-state index < -0.39 is 20.6 Å². The molecule has 0 aliphatic carbocycles. The van der Waals surface area contributed by atoms with E-state index in [1.54, 1.807) is 12.1 Å². The van der Waals surface area contributed by atoms with Crippen molar-refractivity contribution in [1.82, 2.24) is 0 Å². The van der Waals surface area contributed by atoms with Crippen LogP contribution in [0.2, 0.25) is 0 Å². The number of methoxy groups -OCH3 is 1. The summed E-state index contributed by atoms with van der Waals surface area (Å²) >= 11 is 0. The van der Waals surface area contributed by atoms with E-state index in [0.29, 0.717) is 5.75 Å². The highest BCUT2D eigenvalue weighted by molar-refractivity contribution is 7.95. The summed E-state index contributed by atoms with van der Waals surface area (Å²) in [5.74, 6) is -0.0567. The fraction of sp³-hybridized carbons (Fsp3) is 0.0625. The van der Waals surface area contributed by atoms with Crippen molar-refractivity contribution in [3.05, 3.63) is 65.5 Å². The number of rotatable bonds is 5. The SMILES string of the molecule is COc1ccc(S(=O)(=O)C(C#N)=CNc2ccccc2F)cc1. The van der Waals surface area contributed by atoms with Crippen LogP contribution in [0.25, 0.3) is 0 Å². The molecule has 5 nitrogen and oxygen atoms in total. The molecule has 0 atom stereocenters. The molecule has 0 aromatic heterocycles. The van der Waals surface area contributed by atoms with Gasteiger partial charge in [0.1, 0.15) is 17.6 Å². The summed E-state index contributed by atoms with van der Waals surface area (Å²) in [5.41, 5.74) is 0.0742. The van der Waals surface area contributed by atoms with Crippen LogP contribution in [0, 0.1) is 17.1 Å². The first-order chi connectivity index (χ1) is 11.0. The summed E-state index contributed by atoms with van der Waals surface area (Å²) in [6, 6.07) is 13.0. The van der Waals surface area contributed by atoms with E-state index in [-0.39, 0.29) is 10.6 Å². The summed E-state index contributed by atoms with van der Waals surface area (Å²) < 4.78 is 43.3. The first kappa shape index (κ1) is 16.5. The van der Waals surface area contributed by atoms with Crippen LogP contribution in [-0.2, 0) is 9.84 Å². The number of allylic oxidation sites excluding steroid dienone is 1. The third-order valence-corrected chi connectivity index (χ3v) is 4.68. The minimum absolute atomic E-state index is 0.0542. The molecule has 118 valence electrons. The smallest absolute Gasteiger partial charge is 0.218 e. The Hall–Kier alpha value is -2.85. The third-order valence-electron chi connectivity index (χ3n) is 3.00. The lowest BCUT2D eigenvalue weighted by molar-refractivity contribution is 0.414. The number of benzene rings is 2. The third kappa shape index (κ3) is 3.67. The molecule has 7 heteroatoms. The van der Waals surface area contributed by atoms with Crippen molar-refractivity contribution >= 4 is 15.5 Å². The summed E-state index contributed by atoms with van der Waals surface area (Å²) in [7, 11) is -2.54. The zero-order valence-electron chi connectivity index (χ0n) is 12.2. The number of nitrogens with one attached hydrogen (secondary N) is 1. The van der Waals surface area contributed by atoms with Crippen molar-refractivity contribution in [1.29, 1.82) is 5.26 Å². The standard InChI is InChI=1S/C16H13FN2O3S/c1-22-12-6-8-13(9-7-12)23(20,21)14(10-18)11-19-16-5-3-2-4-15(16)17/h2-9,11,19H,1H3. The van der Waals surface area contributed by atoms with E-state index >= 15 is 0 Å². The highest BCUT2D eigenvalue weighted by atomic mass is 32.2. The lowest BCUT2D eigenvalue weighted by atomic mass is 10.3. The summed E-state index contributed by atoms with van der Waals surface area (Å²) in [6.07, 6.45) is 0.970. The zero-order valence-corrected chi connectivity index (χ0v) is 13.0. The molecule has 0 radical (unpaired) electrons. The molecule has 0 unspecified atom stereocenters. The van der Waals surface area contributed by atoms with Crippen molar-refractivity contribution in [2.45, 2.75) is 4.90 Å². The molecule has 0 fully saturated rings. The number of ether oxygens (including phenoxy) is 1. The number of hydrogen-bond acceptors (Lipinski definition) is 5. The minimum Gasteiger partial charge on any atom is -0.497 e. The number of nitriles is 1. The van der Waals surface area contributed by atoms with Gasteiger partial charge in [-0.2, -0.15) is 5.26 Å². The normalized spacial score (nSPS) is 11.6. The molecule has 0 spiro atoms. The number of nitrogens with zero attached hydrogens (tertiary/aromatic N) is 1. The Morgan fingerprint density at radius 1 is 1.22 bits per heavy atom. The van der Waals surface area contributed by atoms with Crippen LogP contribution >= 0.6 is 0 Å². The van der Waals surface area contributed by atoms with Gasteiger partial charge in [-0.3, -0.25) is 0 Å². The maximum atomic E-state index is 13.5. The highest BCUT2D eigenvalue weighted by Crippen LogP contribution is 2.22. The zero-order chi connectivity index (χ0) is 16.9. The minimum atomic E-state index is -4.00. The lowest BCUT2D eigenvalue weighted by Gasteiger charge is -2.06. The summed E-state index contributed by atoms with van der Waals surface area (Å²) in [4.78, 5) is -0.577. The summed E-state index contributed by atoms with van der Waals surface area (Å²) in [6.45, 7) is 0. The average Bonchev–Trinajstić information content (AvgIpc) is 2.57. The van der Waals surface area contributed by atoms with Gasteiger partial charge in [0.2, 0.25) is 9.84 Å². The molecular formula is C16H13FN2O3S. The van der Waals surface area contributed by atoms with E-state index in [1.165, 1.54) is 49.6 Å². The first-order valence-electron chi connectivity index (χ1n) is 6.49. The van der Waals surface area contributed by atoms with E-state index in [4.69, 9.17) is 10.00 Å². The quantitative estimate of drug-likeness (QED) is 0.851. The average molecular weight is 332 g/mol. The largest absolute Gasteiger partial charge is 0.497 e. The van der Waals surface area contributed by atoms with Crippen LogP contribution in [0.3, 0.4) is 0 Å². The number of hydrogen-bond donors (Lipinski definition) is 1. The maximum absolute atomic E-state index is 13.5. The van der Waals surface area contributed by atoms with Gasteiger partial charge in [0.05, 0.1) is 17.7 Å². The van der Waals surface area contributed by atoms with Gasteiger partial charge in [0.25, 0.3) is 0 Å². The van der Waals surface area contributed by atoms with Gasteiger partial charge in [-0.1, -0.05) is 12.1 Å². The van der Waals surface area contributed by atoms with Crippen LogP contribution in [0.1, 0.15) is 0 Å². The van der Waals surface area contributed by atoms with Gasteiger partial charge in [-0.25, -0.2) is 12.8 Å². The van der Waals surface area contributed by atoms with Gasteiger partial charge in [0.15, 0.2) is 4.91 Å².